The second-order valence-electron chi connectivity index (χ2n) is 9.27. The molecule has 0 fully saturated rings. The van der Waals surface area contributed by atoms with E-state index in [2.05, 4.69) is 25.6 Å². The highest BCUT2D eigenvalue weighted by atomic mass is 35.5. The number of halogens is 1. The predicted octanol–water partition coefficient (Wildman–Crippen LogP) is 4.84. The van der Waals surface area contributed by atoms with E-state index in [1.165, 1.54) is 0 Å². The number of nitrogens with zero attached hydrogens (tertiary/aromatic N) is 4. The van der Waals surface area contributed by atoms with Crippen molar-refractivity contribution in [2.24, 2.45) is 4.99 Å². The van der Waals surface area contributed by atoms with Crippen LogP contribution in [0.25, 0.3) is 0 Å². The number of carbonyl (C=O) groups excluding carboxylic acids is 3. The summed E-state index contributed by atoms with van der Waals surface area (Å²) in [5.74, 6) is -0.896. The van der Waals surface area contributed by atoms with Gasteiger partial charge in [-0.1, -0.05) is 35.9 Å². The molecule has 2 heterocycles. The van der Waals surface area contributed by atoms with E-state index in [9.17, 15) is 14.4 Å². The average molecular weight is 569 g/mol. The van der Waals surface area contributed by atoms with E-state index in [-0.39, 0.29) is 23.0 Å². The maximum Gasteiger partial charge on any atom is 0.262 e. The Bertz CT molecular complexity index is 1600. The fourth-order valence-corrected chi connectivity index (χ4v) is 4.29. The van der Waals surface area contributed by atoms with Gasteiger partial charge < -0.3 is 10.1 Å². The Balaban J connectivity index is 1.30. The average Bonchev–Trinajstić information content (AvgIpc) is 3.18. The molecule has 11 heteroatoms. The first kappa shape index (κ1) is 27.5. The van der Waals surface area contributed by atoms with Gasteiger partial charge in [-0.05, 0) is 74.0 Å². The number of benzene rings is 3. The zero-order valence-corrected chi connectivity index (χ0v) is 23.0. The summed E-state index contributed by atoms with van der Waals surface area (Å²) < 4.78 is 5.84. The number of carbonyl (C=O) groups is 3. The summed E-state index contributed by atoms with van der Waals surface area (Å²) in [6, 6.07) is 22.7. The van der Waals surface area contributed by atoms with Gasteiger partial charge in [-0.15, -0.1) is 0 Å². The van der Waals surface area contributed by atoms with E-state index in [1.807, 2.05) is 26.0 Å². The molecular weight excluding hydrogens is 544 g/mol. The normalized spacial score (nSPS) is 12.8. The minimum atomic E-state index is -0.627. The van der Waals surface area contributed by atoms with E-state index in [0.717, 1.165) is 10.5 Å². The summed E-state index contributed by atoms with van der Waals surface area (Å²) in [5, 5.41) is 6.35. The van der Waals surface area contributed by atoms with E-state index in [4.69, 9.17) is 16.3 Å². The highest BCUT2D eigenvalue weighted by molar-refractivity contribution is 6.30. The number of nitrogens with one attached hydrogen (secondary N) is 2. The van der Waals surface area contributed by atoms with Crippen molar-refractivity contribution < 1.29 is 19.1 Å². The molecule has 0 unspecified atom stereocenters. The largest absolute Gasteiger partial charge is 0.489 e. The lowest BCUT2D eigenvalue weighted by molar-refractivity contribution is -0.120. The summed E-state index contributed by atoms with van der Waals surface area (Å²) >= 11 is 5.94. The van der Waals surface area contributed by atoms with Crippen LogP contribution < -0.4 is 15.4 Å². The Hall–Kier alpha value is -5.09. The minimum absolute atomic E-state index is 0.0199. The number of aromatic nitrogens is 2. The molecule has 0 radical (unpaired) electrons. The van der Waals surface area contributed by atoms with Crippen molar-refractivity contribution in [2.75, 3.05) is 11.9 Å². The van der Waals surface area contributed by atoms with E-state index in [1.54, 1.807) is 66.7 Å². The lowest BCUT2D eigenvalue weighted by atomic mass is 10.1. The number of hydrogen-bond acceptors (Lipinski definition) is 7. The molecule has 0 saturated heterocycles. The van der Waals surface area contributed by atoms with Gasteiger partial charge in [0.1, 0.15) is 18.9 Å². The van der Waals surface area contributed by atoms with Crippen molar-refractivity contribution in [1.82, 2.24) is 20.2 Å². The minimum Gasteiger partial charge on any atom is -0.489 e. The zero-order chi connectivity index (χ0) is 28.9. The number of hydrogen-bond donors (Lipinski definition) is 2. The molecule has 3 aromatic carbocycles. The first-order valence-corrected chi connectivity index (χ1v) is 13.0. The van der Waals surface area contributed by atoms with Crippen molar-refractivity contribution in [2.45, 2.75) is 20.5 Å². The van der Waals surface area contributed by atoms with Crippen molar-refractivity contribution in [3.63, 3.8) is 0 Å². The highest BCUT2D eigenvalue weighted by Gasteiger charge is 2.36. The monoisotopic (exact) mass is 568 g/mol. The predicted molar refractivity (Wildman–Crippen MR) is 154 cm³/mol. The molecule has 0 saturated carbocycles. The van der Waals surface area contributed by atoms with Crippen LogP contribution >= 0.6 is 11.6 Å². The van der Waals surface area contributed by atoms with Crippen LogP contribution in [0.3, 0.4) is 0 Å². The van der Waals surface area contributed by atoms with Crippen molar-refractivity contribution >= 4 is 46.9 Å². The molecule has 3 amide bonds. The van der Waals surface area contributed by atoms with Gasteiger partial charge in [0.2, 0.25) is 11.9 Å². The van der Waals surface area contributed by atoms with E-state index >= 15 is 0 Å². The first-order valence-electron chi connectivity index (χ1n) is 12.7. The molecule has 2 N–H and O–H groups in total. The smallest absolute Gasteiger partial charge is 0.262 e. The second kappa shape index (κ2) is 12.0. The molecule has 1 aromatic heterocycles. The van der Waals surface area contributed by atoms with Crippen LogP contribution in [-0.4, -0.2) is 45.1 Å². The van der Waals surface area contributed by atoms with Gasteiger partial charge in [0.25, 0.3) is 17.8 Å². The Morgan fingerprint density at radius 1 is 0.902 bits per heavy atom. The molecule has 1 aliphatic rings. The fourth-order valence-electron chi connectivity index (χ4n) is 4.16. The van der Waals surface area contributed by atoms with Gasteiger partial charge in [0.15, 0.2) is 0 Å². The quantitative estimate of drug-likeness (QED) is 0.186. The Morgan fingerprint density at radius 2 is 1.51 bits per heavy atom. The number of guanidine groups is 1. The van der Waals surface area contributed by atoms with Gasteiger partial charge in [0, 0.05) is 22.1 Å². The number of aliphatic imine (C=N–C) groups is 1. The summed E-state index contributed by atoms with van der Waals surface area (Å²) in [7, 11) is 0. The lowest BCUT2D eigenvalue weighted by Crippen LogP contribution is -2.44. The van der Waals surface area contributed by atoms with Gasteiger partial charge in [-0.2, -0.15) is 4.99 Å². The molecule has 1 aliphatic heterocycles. The zero-order valence-electron chi connectivity index (χ0n) is 22.2. The number of rotatable bonds is 7. The molecule has 0 atom stereocenters. The van der Waals surface area contributed by atoms with Crippen LogP contribution in [0.4, 0.5) is 11.6 Å². The highest BCUT2D eigenvalue weighted by Crippen LogP contribution is 2.22. The maximum absolute atomic E-state index is 13.0. The molecule has 206 valence electrons. The van der Waals surface area contributed by atoms with Gasteiger partial charge in [-0.25, -0.2) is 9.97 Å². The van der Waals surface area contributed by atoms with Gasteiger partial charge >= 0.3 is 0 Å². The number of ether oxygens (including phenoxy) is 1. The third kappa shape index (κ3) is 6.74. The Kier molecular flexibility index (Phi) is 8.02. The molecule has 0 aliphatic carbocycles. The summed E-state index contributed by atoms with van der Waals surface area (Å²) in [6.45, 7) is 3.50. The topological polar surface area (TPSA) is 126 Å². The molecule has 0 bridgehead atoms. The Morgan fingerprint density at radius 3 is 2.12 bits per heavy atom. The molecule has 0 spiro atoms. The summed E-state index contributed by atoms with van der Waals surface area (Å²) in [6.07, 6.45) is 0. The number of aryl methyl sites for hydroxylation is 2. The lowest BCUT2D eigenvalue weighted by Gasteiger charge is -2.16. The number of amides is 3. The third-order valence-electron chi connectivity index (χ3n) is 6.06. The van der Waals surface area contributed by atoms with Crippen molar-refractivity contribution in [1.29, 1.82) is 0 Å². The van der Waals surface area contributed by atoms with Crippen LogP contribution in [0.1, 0.15) is 37.7 Å². The van der Waals surface area contributed by atoms with Gasteiger partial charge in [0.05, 0.1) is 11.1 Å². The van der Waals surface area contributed by atoms with E-state index < -0.39 is 24.3 Å². The standard InChI is InChI=1S/C30H25ClN6O4/c1-18-15-19(2)33-29(32-18)36-30(35-26(38)16-37-27(39)24-5-3-4-6-25(24)28(37)40)34-22-11-13-23(14-12-22)41-17-20-7-9-21(31)10-8-20/h3-15H,16-17H2,1-2H3,(H2,32,33,34,35,36,38). The Labute approximate surface area is 241 Å². The first-order chi connectivity index (χ1) is 19.7. The summed E-state index contributed by atoms with van der Waals surface area (Å²) in [5.41, 5.74) is 3.50. The van der Waals surface area contributed by atoms with Crippen LogP contribution in [0.15, 0.2) is 83.9 Å². The van der Waals surface area contributed by atoms with Crippen LogP contribution in [0.2, 0.25) is 5.02 Å². The molecule has 10 nitrogen and oxygen atoms in total. The number of anilines is 1. The molecule has 5 rings (SSSR count). The van der Waals surface area contributed by atoms with Crippen LogP contribution in [-0.2, 0) is 11.4 Å². The molecule has 4 aromatic rings. The summed E-state index contributed by atoms with van der Waals surface area (Å²) in [4.78, 5) is 52.4. The molecular formula is C30H25ClN6O4. The number of fused-ring (bicyclic) bond motifs is 1. The number of imide groups is 1. The van der Waals surface area contributed by atoms with Crippen LogP contribution in [0.5, 0.6) is 5.75 Å². The van der Waals surface area contributed by atoms with Gasteiger partial charge in [-0.3, -0.25) is 24.6 Å². The maximum atomic E-state index is 13.0. The SMILES string of the molecule is Cc1cc(C)nc(N=C(NC(=O)CN2C(=O)c3ccccc3C2=O)Nc2ccc(OCc3ccc(Cl)cc3)cc2)n1. The van der Waals surface area contributed by atoms with Crippen molar-refractivity contribution in [3.05, 3.63) is 112 Å². The second-order valence-corrected chi connectivity index (χ2v) is 9.70. The van der Waals surface area contributed by atoms with Crippen molar-refractivity contribution in [3.8, 4) is 5.75 Å². The fraction of sp³-hybridized carbons (Fsp3) is 0.133. The van der Waals surface area contributed by atoms with Crippen LogP contribution in [0, 0.1) is 13.8 Å². The molecule has 41 heavy (non-hydrogen) atoms. The van der Waals surface area contributed by atoms with E-state index in [0.29, 0.717) is 34.5 Å². The third-order valence-corrected chi connectivity index (χ3v) is 6.31.